The Balaban J connectivity index is 2.44. The van der Waals surface area contributed by atoms with Crippen LogP contribution in [0, 0.1) is 3.57 Å². The van der Waals surface area contributed by atoms with E-state index in [4.69, 9.17) is 0 Å². The minimum absolute atomic E-state index is 0.102. The zero-order chi connectivity index (χ0) is 14.5. The third kappa shape index (κ3) is 3.59. The van der Waals surface area contributed by atoms with Crippen LogP contribution in [0.2, 0.25) is 0 Å². The van der Waals surface area contributed by atoms with Crippen molar-refractivity contribution in [2.45, 2.75) is 32.9 Å². The molecule has 6 heteroatoms. The number of nitrogens with zero attached hydrogens (tertiary/aromatic N) is 3. The van der Waals surface area contributed by atoms with Gasteiger partial charge in [0, 0.05) is 14.6 Å². The Labute approximate surface area is 141 Å². The van der Waals surface area contributed by atoms with Crippen molar-refractivity contribution in [3.63, 3.8) is 0 Å². The number of hydrogen-bond acceptors (Lipinski definition) is 3. The molecule has 1 N–H and O–H groups in total. The van der Waals surface area contributed by atoms with E-state index in [0.29, 0.717) is 0 Å². The molecule has 1 aromatic carbocycles. The first-order valence-corrected chi connectivity index (χ1v) is 8.61. The van der Waals surface area contributed by atoms with E-state index in [1.165, 1.54) is 9.13 Å². The second-order valence-corrected chi connectivity index (χ2v) is 6.64. The Hall–Kier alpha value is -0.470. The molecule has 0 fully saturated rings. The van der Waals surface area contributed by atoms with Gasteiger partial charge in [-0.15, -0.1) is 5.10 Å². The van der Waals surface area contributed by atoms with Crippen molar-refractivity contribution in [3.05, 3.63) is 43.7 Å². The minimum Gasteiger partial charge on any atom is -0.305 e. The zero-order valence-corrected chi connectivity index (χ0v) is 15.3. The normalized spacial score (nSPS) is 12.6. The van der Waals surface area contributed by atoms with Crippen molar-refractivity contribution >= 4 is 38.5 Å². The highest BCUT2D eigenvalue weighted by molar-refractivity contribution is 14.1. The second-order valence-electron chi connectivity index (χ2n) is 4.54. The summed E-state index contributed by atoms with van der Waals surface area (Å²) in [5.41, 5.74) is 2.33. The van der Waals surface area contributed by atoms with Crippen LogP contribution in [0.3, 0.4) is 0 Å². The summed E-state index contributed by atoms with van der Waals surface area (Å²) in [6.45, 7) is 6.04. The number of benzene rings is 1. The summed E-state index contributed by atoms with van der Waals surface area (Å²) in [5.74, 6) is 0. The lowest BCUT2D eigenvalue weighted by molar-refractivity contribution is 0.511. The predicted molar refractivity (Wildman–Crippen MR) is 92.7 cm³/mol. The van der Waals surface area contributed by atoms with Crippen molar-refractivity contribution in [1.82, 2.24) is 20.3 Å². The van der Waals surface area contributed by atoms with Crippen LogP contribution in [0.4, 0.5) is 0 Å². The number of halogens is 2. The first-order chi connectivity index (χ1) is 9.67. The van der Waals surface area contributed by atoms with E-state index in [0.717, 1.165) is 29.7 Å². The average molecular weight is 449 g/mol. The van der Waals surface area contributed by atoms with Crippen molar-refractivity contribution in [2.75, 3.05) is 6.54 Å². The maximum atomic E-state index is 4.20. The molecule has 108 valence electrons. The molecule has 2 rings (SSSR count). The number of nitrogens with one attached hydrogen (secondary N) is 1. The monoisotopic (exact) mass is 448 g/mol. The lowest BCUT2D eigenvalue weighted by Gasteiger charge is -2.20. The highest BCUT2D eigenvalue weighted by Crippen LogP contribution is 2.29. The van der Waals surface area contributed by atoms with Crippen LogP contribution in [0.25, 0.3) is 0 Å². The summed E-state index contributed by atoms with van der Waals surface area (Å²) < 4.78 is 4.31. The van der Waals surface area contributed by atoms with E-state index in [1.54, 1.807) is 0 Å². The van der Waals surface area contributed by atoms with Crippen LogP contribution in [-0.4, -0.2) is 21.5 Å². The van der Waals surface area contributed by atoms with Gasteiger partial charge in [0.25, 0.3) is 0 Å². The van der Waals surface area contributed by atoms with Gasteiger partial charge in [-0.1, -0.05) is 35.0 Å². The summed E-state index contributed by atoms with van der Waals surface area (Å²) in [4.78, 5) is 0. The number of aryl methyl sites for hydroxylation is 1. The predicted octanol–water partition coefficient (Wildman–Crippen LogP) is 3.75. The van der Waals surface area contributed by atoms with Gasteiger partial charge < -0.3 is 5.32 Å². The van der Waals surface area contributed by atoms with Crippen molar-refractivity contribution < 1.29 is 0 Å². The van der Waals surface area contributed by atoms with E-state index >= 15 is 0 Å². The summed E-state index contributed by atoms with van der Waals surface area (Å²) in [6, 6.07) is 6.49. The molecule has 0 aliphatic carbocycles. The van der Waals surface area contributed by atoms with Gasteiger partial charge in [0.1, 0.15) is 0 Å². The number of hydrogen-bond donors (Lipinski definition) is 1. The van der Waals surface area contributed by atoms with Gasteiger partial charge in [0.05, 0.1) is 17.9 Å². The van der Waals surface area contributed by atoms with Crippen LogP contribution in [-0.2, 0) is 6.54 Å². The Morgan fingerprint density at radius 3 is 2.90 bits per heavy atom. The van der Waals surface area contributed by atoms with Gasteiger partial charge in [0.2, 0.25) is 0 Å². The van der Waals surface area contributed by atoms with Gasteiger partial charge >= 0.3 is 0 Å². The molecular weight excluding hydrogens is 431 g/mol. The lowest BCUT2D eigenvalue weighted by atomic mass is 10.0. The summed E-state index contributed by atoms with van der Waals surface area (Å²) in [5, 5.41) is 11.8. The molecule has 1 unspecified atom stereocenters. The van der Waals surface area contributed by atoms with Crippen molar-refractivity contribution in [1.29, 1.82) is 0 Å². The first-order valence-electron chi connectivity index (χ1n) is 6.74. The third-order valence-electron chi connectivity index (χ3n) is 3.06. The van der Waals surface area contributed by atoms with Gasteiger partial charge in [-0.3, -0.25) is 0 Å². The molecule has 0 spiro atoms. The van der Waals surface area contributed by atoms with E-state index in [9.17, 15) is 0 Å². The molecule has 20 heavy (non-hydrogen) atoms. The molecule has 4 nitrogen and oxygen atoms in total. The van der Waals surface area contributed by atoms with Crippen LogP contribution >= 0.6 is 38.5 Å². The smallest absolute Gasteiger partial charge is 0.0802 e. The van der Waals surface area contributed by atoms with E-state index < -0.39 is 0 Å². The van der Waals surface area contributed by atoms with Crippen LogP contribution in [0.5, 0.6) is 0 Å². The lowest BCUT2D eigenvalue weighted by Crippen LogP contribution is -2.25. The molecule has 0 amide bonds. The summed E-state index contributed by atoms with van der Waals surface area (Å²) in [6.07, 6.45) is 2.90. The fourth-order valence-electron chi connectivity index (χ4n) is 2.19. The Morgan fingerprint density at radius 2 is 2.20 bits per heavy atom. The highest BCUT2D eigenvalue weighted by Gasteiger charge is 2.20. The maximum absolute atomic E-state index is 4.20. The third-order valence-corrected chi connectivity index (χ3v) is 4.45. The quantitative estimate of drug-likeness (QED) is 0.684. The van der Waals surface area contributed by atoms with Crippen LogP contribution < -0.4 is 5.32 Å². The average Bonchev–Trinajstić information content (AvgIpc) is 2.88. The molecule has 0 aliphatic rings. The topological polar surface area (TPSA) is 42.7 Å². The zero-order valence-electron chi connectivity index (χ0n) is 11.6. The fourth-order valence-corrected chi connectivity index (χ4v) is 3.18. The molecule has 1 atom stereocenters. The van der Waals surface area contributed by atoms with Crippen LogP contribution in [0.1, 0.15) is 37.6 Å². The molecule has 2 aromatic rings. The molecule has 0 aliphatic heterocycles. The number of rotatable bonds is 6. The Bertz CT molecular complexity index is 570. The van der Waals surface area contributed by atoms with E-state index in [2.05, 4.69) is 86.2 Å². The highest BCUT2D eigenvalue weighted by atomic mass is 127. The molecule has 1 heterocycles. The van der Waals surface area contributed by atoms with E-state index in [-0.39, 0.29) is 6.04 Å². The minimum atomic E-state index is 0.102. The van der Waals surface area contributed by atoms with Crippen molar-refractivity contribution in [3.8, 4) is 0 Å². The van der Waals surface area contributed by atoms with Gasteiger partial charge in [-0.2, -0.15) is 0 Å². The molecule has 0 saturated carbocycles. The number of aromatic nitrogens is 3. The van der Waals surface area contributed by atoms with Gasteiger partial charge in [-0.25, -0.2) is 4.68 Å². The second kappa shape index (κ2) is 7.51. The molecule has 0 bridgehead atoms. The summed E-state index contributed by atoms with van der Waals surface area (Å²) >= 11 is 6.00. The SMILES string of the molecule is CCCn1nncc1C(NCC)c1cc(I)ccc1Br. The largest absolute Gasteiger partial charge is 0.305 e. The first kappa shape index (κ1) is 15.9. The molecule has 0 saturated heterocycles. The standard InChI is InChI=1S/C14H18BrIN4/c1-3-7-20-13(9-18-19-20)14(17-4-2)11-8-10(16)5-6-12(11)15/h5-6,8-9,14,17H,3-4,7H2,1-2H3. The van der Waals surface area contributed by atoms with Crippen molar-refractivity contribution in [2.24, 2.45) is 0 Å². The molecule has 1 aromatic heterocycles. The van der Waals surface area contributed by atoms with Crippen LogP contribution in [0.15, 0.2) is 28.9 Å². The molecular formula is C14H18BrIN4. The maximum Gasteiger partial charge on any atom is 0.0802 e. The summed E-state index contributed by atoms with van der Waals surface area (Å²) in [7, 11) is 0. The van der Waals surface area contributed by atoms with Gasteiger partial charge in [-0.05, 0) is 59.3 Å². The van der Waals surface area contributed by atoms with E-state index in [1.807, 2.05) is 10.9 Å². The molecule has 0 radical (unpaired) electrons. The Kier molecular flexibility index (Phi) is 5.98. The van der Waals surface area contributed by atoms with Gasteiger partial charge in [0.15, 0.2) is 0 Å². The fraction of sp³-hybridized carbons (Fsp3) is 0.429. The Morgan fingerprint density at radius 1 is 1.40 bits per heavy atom.